The third kappa shape index (κ3) is 1.94. The number of amides is 1. The van der Waals surface area contributed by atoms with E-state index in [1.807, 2.05) is 17.5 Å². The van der Waals surface area contributed by atoms with Crippen LogP contribution in [0.1, 0.15) is 30.8 Å². The second-order valence-electron chi connectivity index (χ2n) is 6.52. The van der Waals surface area contributed by atoms with Gasteiger partial charge in [-0.1, -0.05) is 19.9 Å². The lowest BCUT2D eigenvalue weighted by Gasteiger charge is -2.54. The number of hydrogen-bond acceptors (Lipinski definition) is 5. The van der Waals surface area contributed by atoms with Gasteiger partial charge in [-0.2, -0.15) is 0 Å². The molecule has 1 saturated heterocycles. The second-order valence-corrected chi connectivity index (χ2v) is 7.47. The number of carbonyl (C=O) groups excluding carboxylic acids is 1. The van der Waals surface area contributed by atoms with Crippen molar-refractivity contribution in [2.24, 2.45) is 11.3 Å². The van der Waals surface area contributed by atoms with E-state index in [1.165, 1.54) is 17.7 Å². The van der Waals surface area contributed by atoms with Gasteiger partial charge in [0.15, 0.2) is 17.8 Å². The number of fused-ring (bicyclic) bond motifs is 1. The molecule has 0 radical (unpaired) electrons. The Morgan fingerprint density at radius 2 is 2.36 bits per heavy atom. The molecule has 1 N–H and O–H groups in total. The van der Waals surface area contributed by atoms with Crippen LogP contribution in [0.2, 0.25) is 0 Å². The summed E-state index contributed by atoms with van der Waals surface area (Å²) in [5, 5.41) is 5.10. The zero-order chi connectivity index (χ0) is 15.3. The molecule has 22 heavy (non-hydrogen) atoms. The van der Waals surface area contributed by atoms with E-state index in [0.717, 1.165) is 17.9 Å². The zero-order valence-electron chi connectivity index (χ0n) is 12.5. The number of carbonyl (C=O) groups is 1. The first-order valence-electron chi connectivity index (χ1n) is 7.49. The number of rotatable bonds is 3. The Hall–Kier alpha value is -1.66. The van der Waals surface area contributed by atoms with E-state index in [1.54, 1.807) is 0 Å². The largest absolute Gasteiger partial charge is 0.442 e. The molecule has 116 valence electrons. The van der Waals surface area contributed by atoms with Gasteiger partial charge >= 0.3 is 0 Å². The molecule has 3 heterocycles. The van der Waals surface area contributed by atoms with Gasteiger partial charge in [0.05, 0.1) is 11.0 Å². The molecule has 2 aliphatic rings. The van der Waals surface area contributed by atoms with Crippen LogP contribution in [0.3, 0.4) is 0 Å². The third-order valence-electron chi connectivity index (χ3n) is 4.91. The average Bonchev–Trinajstić information content (AvgIpc) is 3.22. The molecule has 1 amide bonds. The monoisotopic (exact) mass is 318 g/mol. The Balaban J connectivity index is 1.55. The fourth-order valence-electron chi connectivity index (χ4n) is 3.82. The first-order valence-corrected chi connectivity index (χ1v) is 8.37. The summed E-state index contributed by atoms with van der Waals surface area (Å²) >= 11 is 1.53. The normalized spacial score (nSPS) is 28.9. The Morgan fingerprint density at radius 1 is 1.50 bits per heavy atom. The summed E-state index contributed by atoms with van der Waals surface area (Å²) in [4.78, 5) is 17.7. The van der Waals surface area contributed by atoms with Crippen LogP contribution in [-0.4, -0.2) is 29.6 Å². The molecule has 4 rings (SSSR count). The highest BCUT2D eigenvalue weighted by atomic mass is 32.1. The number of aromatic nitrogens is 1. The molecule has 1 aliphatic carbocycles. The lowest BCUT2D eigenvalue weighted by Crippen LogP contribution is -2.66. The summed E-state index contributed by atoms with van der Waals surface area (Å²) in [5.74, 6) is 0.792. The van der Waals surface area contributed by atoms with E-state index in [2.05, 4.69) is 24.1 Å². The summed E-state index contributed by atoms with van der Waals surface area (Å²) in [7, 11) is 0. The smallest absolute Gasteiger partial charge is 0.274 e. The highest BCUT2D eigenvalue weighted by molar-refractivity contribution is 7.13. The number of nitrogens with one attached hydrogen (secondary N) is 1. The van der Waals surface area contributed by atoms with Gasteiger partial charge in [0, 0.05) is 24.0 Å². The number of oxazole rings is 1. The summed E-state index contributed by atoms with van der Waals surface area (Å²) in [6, 6.07) is 3.98. The van der Waals surface area contributed by atoms with Crippen molar-refractivity contribution in [2.75, 3.05) is 6.61 Å². The molecule has 0 unspecified atom stereocenters. The van der Waals surface area contributed by atoms with E-state index in [4.69, 9.17) is 9.15 Å². The van der Waals surface area contributed by atoms with Crippen molar-refractivity contribution < 1.29 is 13.9 Å². The summed E-state index contributed by atoms with van der Waals surface area (Å²) in [6.07, 6.45) is 2.60. The van der Waals surface area contributed by atoms with E-state index >= 15 is 0 Å². The SMILES string of the molecule is CC1(C)[C@H](NC(=O)c2ncoc2-c2cccs2)[C@H]2CCO[C@@H]21. The Morgan fingerprint density at radius 3 is 3.14 bits per heavy atom. The Labute approximate surface area is 132 Å². The molecule has 2 aromatic rings. The van der Waals surface area contributed by atoms with Crippen LogP contribution in [0.4, 0.5) is 0 Å². The van der Waals surface area contributed by atoms with Gasteiger partial charge in [-0.3, -0.25) is 4.79 Å². The van der Waals surface area contributed by atoms with Crippen LogP contribution in [0.15, 0.2) is 28.3 Å². The van der Waals surface area contributed by atoms with E-state index in [0.29, 0.717) is 17.4 Å². The van der Waals surface area contributed by atoms with Crippen LogP contribution in [0.25, 0.3) is 10.6 Å². The van der Waals surface area contributed by atoms with Gasteiger partial charge in [-0.05, 0) is 17.9 Å². The van der Waals surface area contributed by atoms with Crippen LogP contribution in [0, 0.1) is 11.3 Å². The standard InChI is InChI=1S/C16H18N2O3S/c1-16(2)13(9-5-6-20-14(9)16)18-15(19)11-12(21-8-17-11)10-4-3-7-22-10/h3-4,7-9,13-14H,5-6H2,1-2H3,(H,18,19)/t9-,13-,14+/m1/s1. The van der Waals surface area contributed by atoms with E-state index in [-0.39, 0.29) is 23.5 Å². The molecular weight excluding hydrogens is 300 g/mol. The third-order valence-corrected chi connectivity index (χ3v) is 5.78. The fraction of sp³-hybridized carbons (Fsp3) is 0.500. The van der Waals surface area contributed by atoms with Crippen molar-refractivity contribution >= 4 is 17.2 Å². The Kier molecular flexibility index (Phi) is 3.13. The van der Waals surface area contributed by atoms with Gasteiger partial charge < -0.3 is 14.5 Å². The van der Waals surface area contributed by atoms with Crippen molar-refractivity contribution in [3.63, 3.8) is 0 Å². The predicted molar refractivity (Wildman–Crippen MR) is 82.7 cm³/mol. The van der Waals surface area contributed by atoms with Crippen molar-refractivity contribution in [3.8, 4) is 10.6 Å². The minimum atomic E-state index is -0.166. The molecule has 0 spiro atoms. The molecule has 1 aliphatic heterocycles. The predicted octanol–water partition coefficient (Wildman–Crippen LogP) is 2.95. The van der Waals surface area contributed by atoms with Crippen molar-refractivity contribution in [2.45, 2.75) is 32.4 Å². The number of ether oxygens (including phenoxy) is 1. The van der Waals surface area contributed by atoms with Crippen molar-refractivity contribution in [3.05, 3.63) is 29.6 Å². The van der Waals surface area contributed by atoms with Gasteiger partial charge in [0.1, 0.15) is 0 Å². The highest BCUT2D eigenvalue weighted by Crippen LogP contribution is 2.52. The molecule has 0 aromatic carbocycles. The minimum absolute atomic E-state index is 0.0380. The quantitative estimate of drug-likeness (QED) is 0.945. The van der Waals surface area contributed by atoms with Crippen LogP contribution < -0.4 is 5.32 Å². The molecule has 3 atom stereocenters. The molecule has 5 nitrogen and oxygen atoms in total. The van der Waals surface area contributed by atoms with Gasteiger partial charge in [-0.15, -0.1) is 11.3 Å². The summed E-state index contributed by atoms with van der Waals surface area (Å²) < 4.78 is 11.2. The zero-order valence-corrected chi connectivity index (χ0v) is 13.4. The number of hydrogen-bond donors (Lipinski definition) is 1. The first-order chi connectivity index (χ1) is 10.6. The van der Waals surface area contributed by atoms with Crippen LogP contribution in [0.5, 0.6) is 0 Å². The average molecular weight is 318 g/mol. The molecule has 1 saturated carbocycles. The molecule has 2 fully saturated rings. The lowest BCUT2D eigenvalue weighted by molar-refractivity contribution is -0.108. The summed E-state index contributed by atoms with van der Waals surface area (Å²) in [5.41, 5.74) is 0.324. The van der Waals surface area contributed by atoms with Crippen molar-refractivity contribution in [1.29, 1.82) is 0 Å². The van der Waals surface area contributed by atoms with Crippen molar-refractivity contribution in [1.82, 2.24) is 10.3 Å². The molecule has 2 aromatic heterocycles. The minimum Gasteiger partial charge on any atom is -0.442 e. The maximum Gasteiger partial charge on any atom is 0.274 e. The topological polar surface area (TPSA) is 64.4 Å². The van der Waals surface area contributed by atoms with Gasteiger partial charge in [0.25, 0.3) is 5.91 Å². The maximum atomic E-state index is 12.6. The fourth-order valence-corrected chi connectivity index (χ4v) is 4.53. The maximum absolute atomic E-state index is 12.6. The van der Waals surface area contributed by atoms with E-state index in [9.17, 15) is 4.79 Å². The second kappa shape index (κ2) is 4.93. The summed E-state index contributed by atoms with van der Waals surface area (Å²) in [6.45, 7) is 5.08. The molecule has 0 bridgehead atoms. The number of thiophene rings is 1. The number of nitrogens with zero attached hydrogens (tertiary/aromatic N) is 1. The first kappa shape index (κ1) is 14.0. The van der Waals surface area contributed by atoms with Gasteiger partial charge in [-0.25, -0.2) is 4.98 Å². The molecule has 6 heteroatoms. The van der Waals surface area contributed by atoms with Crippen LogP contribution >= 0.6 is 11.3 Å². The van der Waals surface area contributed by atoms with E-state index < -0.39 is 0 Å². The Bertz CT molecular complexity index is 692. The van der Waals surface area contributed by atoms with Crippen LogP contribution in [-0.2, 0) is 4.74 Å². The highest BCUT2D eigenvalue weighted by Gasteiger charge is 2.59. The van der Waals surface area contributed by atoms with Gasteiger partial charge in [0.2, 0.25) is 0 Å². The lowest BCUT2D eigenvalue weighted by atomic mass is 9.57. The molecular formula is C16H18N2O3S.